The molecule has 1 aliphatic heterocycles. The SMILES string of the molecule is CCCOCCCN1CC2(CCCC2)NCC1C(C)C. The number of hydrogen-bond donors (Lipinski definition) is 1. The van der Waals surface area contributed by atoms with Crippen LogP contribution in [0.25, 0.3) is 0 Å². The summed E-state index contributed by atoms with van der Waals surface area (Å²) in [5.74, 6) is 0.734. The van der Waals surface area contributed by atoms with E-state index < -0.39 is 0 Å². The molecular formula is C17H34N2O. The van der Waals surface area contributed by atoms with Crippen LogP contribution in [0.2, 0.25) is 0 Å². The lowest BCUT2D eigenvalue weighted by Crippen LogP contribution is -2.64. The fraction of sp³-hybridized carbons (Fsp3) is 1.00. The Morgan fingerprint density at radius 2 is 2.00 bits per heavy atom. The van der Waals surface area contributed by atoms with Crippen LogP contribution in [-0.2, 0) is 4.74 Å². The van der Waals surface area contributed by atoms with Gasteiger partial charge >= 0.3 is 0 Å². The zero-order valence-corrected chi connectivity index (χ0v) is 13.8. The third-order valence-electron chi connectivity index (χ3n) is 5.07. The fourth-order valence-corrected chi connectivity index (χ4v) is 3.92. The molecule has 0 aromatic rings. The van der Waals surface area contributed by atoms with Crippen LogP contribution in [0.3, 0.4) is 0 Å². The second-order valence-electron chi connectivity index (χ2n) is 7.12. The van der Waals surface area contributed by atoms with E-state index in [1.54, 1.807) is 0 Å². The Bertz CT molecular complexity index is 274. The molecule has 118 valence electrons. The number of nitrogens with one attached hydrogen (secondary N) is 1. The van der Waals surface area contributed by atoms with Gasteiger partial charge in [-0.3, -0.25) is 4.90 Å². The van der Waals surface area contributed by atoms with E-state index in [1.807, 2.05) is 0 Å². The van der Waals surface area contributed by atoms with Crippen molar-refractivity contribution < 1.29 is 4.74 Å². The number of rotatable bonds is 7. The van der Waals surface area contributed by atoms with Crippen molar-refractivity contribution in [3.05, 3.63) is 0 Å². The summed E-state index contributed by atoms with van der Waals surface area (Å²) in [6, 6.07) is 0.701. The minimum Gasteiger partial charge on any atom is -0.381 e. The first kappa shape index (κ1) is 16.3. The zero-order chi connectivity index (χ0) is 14.4. The number of hydrogen-bond acceptors (Lipinski definition) is 3. The summed E-state index contributed by atoms with van der Waals surface area (Å²) in [5.41, 5.74) is 0.440. The molecule has 2 aliphatic rings. The average molecular weight is 282 g/mol. The van der Waals surface area contributed by atoms with Gasteiger partial charge < -0.3 is 10.1 Å². The molecular weight excluding hydrogens is 248 g/mol. The Morgan fingerprint density at radius 3 is 2.65 bits per heavy atom. The van der Waals surface area contributed by atoms with Crippen molar-refractivity contribution in [1.29, 1.82) is 0 Å². The quantitative estimate of drug-likeness (QED) is 0.726. The highest BCUT2D eigenvalue weighted by atomic mass is 16.5. The van der Waals surface area contributed by atoms with Crippen LogP contribution in [0.15, 0.2) is 0 Å². The molecule has 0 aromatic heterocycles. The first-order chi connectivity index (χ1) is 9.67. The van der Waals surface area contributed by atoms with Crippen LogP contribution in [0.5, 0.6) is 0 Å². The molecule has 0 amide bonds. The van der Waals surface area contributed by atoms with Crippen molar-refractivity contribution in [1.82, 2.24) is 10.2 Å². The maximum Gasteiger partial charge on any atom is 0.0478 e. The van der Waals surface area contributed by atoms with Crippen LogP contribution >= 0.6 is 0 Å². The standard InChI is InChI=1S/C17H34N2O/c1-4-11-20-12-7-10-19-14-17(8-5-6-9-17)18-13-16(19)15(2)3/h15-16,18H,4-14H2,1-3H3. The maximum absolute atomic E-state index is 5.64. The molecule has 20 heavy (non-hydrogen) atoms. The molecule has 1 unspecified atom stereocenters. The van der Waals surface area contributed by atoms with Crippen LogP contribution < -0.4 is 5.32 Å². The van der Waals surface area contributed by atoms with Crippen LogP contribution in [0, 0.1) is 5.92 Å². The van der Waals surface area contributed by atoms with Gasteiger partial charge in [-0.25, -0.2) is 0 Å². The molecule has 2 rings (SSSR count). The van der Waals surface area contributed by atoms with Gasteiger partial charge in [-0.1, -0.05) is 33.6 Å². The van der Waals surface area contributed by atoms with E-state index >= 15 is 0 Å². The van der Waals surface area contributed by atoms with Crippen molar-refractivity contribution in [2.75, 3.05) is 32.8 Å². The van der Waals surface area contributed by atoms with E-state index in [0.717, 1.165) is 25.6 Å². The Labute approximate surface area is 125 Å². The van der Waals surface area contributed by atoms with Gasteiger partial charge in [0.05, 0.1) is 0 Å². The van der Waals surface area contributed by atoms with Gasteiger partial charge in [0, 0.05) is 44.4 Å². The summed E-state index contributed by atoms with van der Waals surface area (Å²) in [6.07, 6.45) is 7.88. The molecule has 1 N–H and O–H groups in total. The van der Waals surface area contributed by atoms with E-state index in [9.17, 15) is 0 Å². The van der Waals surface area contributed by atoms with Crippen molar-refractivity contribution >= 4 is 0 Å². The first-order valence-electron chi connectivity index (χ1n) is 8.74. The number of piperazine rings is 1. The molecule has 0 radical (unpaired) electrons. The van der Waals surface area contributed by atoms with Gasteiger partial charge in [-0.15, -0.1) is 0 Å². The second-order valence-corrected chi connectivity index (χ2v) is 7.12. The first-order valence-corrected chi connectivity index (χ1v) is 8.74. The lowest BCUT2D eigenvalue weighted by atomic mass is 9.89. The van der Waals surface area contributed by atoms with E-state index in [0.29, 0.717) is 11.6 Å². The molecule has 3 nitrogen and oxygen atoms in total. The zero-order valence-electron chi connectivity index (χ0n) is 13.8. The predicted molar refractivity (Wildman–Crippen MR) is 85.1 cm³/mol. The molecule has 2 fully saturated rings. The summed E-state index contributed by atoms with van der Waals surface area (Å²) in [6.45, 7) is 12.4. The van der Waals surface area contributed by atoms with Crippen molar-refractivity contribution in [3.8, 4) is 0 Å². The van der Waals surface area contributed by atoms with E-state index in [2.05, 4.69) is 31.0 Å². The summed E-state index contributed by atoms with van der Waals surface area (Å²) < 4.78 is 5.64. The Morgan fingerprint density at radius 1 is 1.25 bits per heavy atom. The highest BCUT2D eigenvalue weighted by Crippen LogP contribution is 2.34. The molecule has 1 saturated carbocycles. The highest BCUT2D eigenvalue weighted by molar-refractivity contribution is 5.01. The van der Waals surface area contributed by atoms with E-state index in [-0.39, 0.29) is 0 Å². The number of nitrogens with zero attached hydrogens (tertiary/aromatic N) is 1. The summed E-state index contributed by atoms with van der Waals surface area (Å²) >= 11 is 0. The predicted octanol–water partition coefficient (Wildman–Crippen LogP) is 3.05. The number of ether oxygens (including phenoxy) is 1. The molecule has 1 aliphatic carbocycles. The summed E-state index contributed by atoms with van der Waals surface area (Å²) in [5, 5.41) is 3.89. The summed E-state index contributed by atoms with van der Waals surface area (Å²) in [4.78, 5) is 2.75. The summed E-state index contributed by atoms with van der Waals surface area (Å²) in [7, 11) is 0. The van der Waals surface area contributed by atoms with Crippen LogP contribution in [-0.4, -0.2) is 49.3 Å². The van der Waals surface area contributed by atoms with Crippen molar-refractivity contribution in [2.45, 2.75) is 70.9 Å². The fourth-order valence-electron chi connectivity index (χ4n) is 3.92. The third-order valence-corrected chi connectivity index (χ3v) is 5.07. The Hall–Kier alpha value is -0.120. The smallest absolute Gasteiger partial charge is 0.0478 e. The van der Waals surface area contributed by atoms with Crippen molar-refractivity contribution in [3.63, 3.8) is 0 Å². The molecule has 1 saturated heterocycles. The van der Waals surface area contributed by atoms with Gasteiger partial charge in [-0.2, -0.15) is 0 Å². The molecule has 1 spiro atoms. The third kappa shape index (κ3) is 4.19. The molecule has 0 aromatic carbocycles. The van der Waals surface area contributed by atoms with Crippen molar-refractivity contribution in [2.24, 2.45) is 5.92 Å². The van der Waals surface area contributed by atoms with Gasteiger partial charge in [0.25, 0.3) is 0 Å². The van der Waals surface area contributed by atoms with Crippen LogP contribution in [0.1, 0.15) is 59.3 Å². The Kier molecular flexibility index (Phi) is 6.31. The van der Waals surface area contributed by atoms with Gasteiger partial charge in [-0.05, 0) is 31.6 Å². The highest BCUT2D eigenvalue weighted by Gasteiger charge is 2.41. The Balaban J connectivity index is 1.83. The molecule has 1 heterocycles. The largest absolute Gasteiger partial charge is 0.381 e. The van der Waals surface area contributed by atoms with E-state index in [4.69, 9.17) is 4.74 Å². The minimum absolute atomic E-state index is 0.440. The minimum atomic E-state index is 0.440. The van der Waals surface area contributed by atoms with Gasteiger partial charge in [0.15, 0.2) is 0 Å². The topological polar surface area (TPSA) is 24.5 Å². The monoisotopic (exact) mass is 282 g/mol. The normalized spacial score (nSPS) is 26.7. The molecule has 3 heteroatoms. The van der Waals surface area contributed by atoms with Crippen LogP contribution in [0.4, 0.5) is 0 Å². The second kappa shape index (κ2) is 7.77. The van der Waals surface area contributed by atoms with Gasteiger partial charge in [0.2, 0.25) is 0 Å². The van der Waals surface area contributed by atoms with E-state index in [1.165, 1.54) is 51.7 Å². The lowest BCUT2D eigenvalue weighted by Gasteiger charge is -2.48. The lowest BCUT2D eigenvalue weighted by molar-refractivity contribution is 0.0450. The molecule has 1 atom stereocenters. The molecule has 0 bridgehead atoms. The maximum atomic E-state index is 5.64. The van der Waals surface area contributed by atoms with Gasteiger partial charge in [0.1, 0.15) is 0 Å². The average Bonchev–Trinajstić information content (AvgIpc) is 2.86.